The van der Waals surface area contributed by atoms with Crippen LogP contribution in [0.4, 0.5) is 11.5 Å². The molecule has 1 aliphatic heterocycles. The first-order valence-corrected chi connectivity index (χ1v) is 10.4. The third-order valence-electron chi connectivity index (χ3n) is 5.55. The Balaban J connectivity index is 0.00000256. The molecule has 2 atom stereocenters. The molecule has 1 aliphatic rings. The summed E-state index contributed by atoms with van der Waals surface area (Å²) >= 11 is 0. The number of aliphatic hydroxyl groups excluding tert-OH is 1. The van der Waals surface area contributed by atoms with E-state index in [2.05, 4.69) is 46.9 Å². The van der Waals surface area contributed by atoms with Crippen LogP contribution in [-0.2, 0) is 6.54 Å². The molecule has 162 valence electrons. The van der Waals surface area contributed by atoms with Gasteiger partial charge in [0.25, 0.3) is 0 Å². The molecular weight excluding hydrogens is 400 g/mol. The largest absolute Gasteiger partial charge is 0.391 e. The molecule has 1 fully saturated rings. The number of hydrogen-bond donors (Lipinski definition) is 4. The second-order valence-electron chi connectivity index (χ2n) is 8.06. The fourth-order valence-electron chi connectivity index (χ4n) is 3.76. The summed E-state index contributed by atoms with van der Waals surface area (Å²) in [4.78, 5) is 4.62. The summed E-state index contributed by atoms with van der Waals surface area (Å²) < 4.78 is 1.93. The summed E-state index contributed by atoms with van der Waals surface area (Å²) in [6.45, 7) is 7.31. The van der Waals surface area contributed by atoms with Gasteiger partial charge in [-0.1, -0.05) is 44.2 Å². The van der Waals surface area contributed by atoms with Gasteiger partial charge in [0.05, 0.1) is 23.7 Å². The zero-order chi connectivity index (χ0) is 20.2. The summed E-state index contributed by atoms with van der Waals surface area (Å²) in [5, 5.41) is 25.2. The number of imidazole rings is 1. The molecule has 0 amide bonds. The van der Waals surface area contributed by atoms with Crippen molar-refractivity contribution in [2.45, 2.75) is 38.8 Å². The lowest BCUT2D eigenvalue weighted by Gasteiger charge is -2.28. The van der Waals surface area contributed by atoms with E-state index in [1.165, 1.54) is 5.56 Å². The minimum atomic E-state index is -0.324. The molecule has 1 saturated heterocycles. The Labute approximate surface area is 183 Å². The maximum atomic E-state index is 10.2. The first kappa shape index (κ1) is 22.3. The van der Waals surface area contributed by atoms with Gasteiger partial charge in [0.15, 0.2) is 5.65 Å². The highest BCUT2D eigenvalue weighted by Gasteiger charge is 2.23. The Kier molecular flexibility index (Phi) is 7.53. The van der Waals surface area contributed by atoms with Crippen LogP contribution in [0.15, 0.2) is 42.6 Å². The number of benzene rings is 1. The van der Waals surface area contributed by atoms with E-state index < -0.39 is 0 Å². The fourth-order valence-corrected chi connectivity index (χ4v) is 3.76. The second kappa shape index (κ2) is 10.1. The number of piperidine rings is 1. The molecule has 7 nitrogen and oxygen atoms in total. The minimum Gasteiger partial charge on any atom is -0.391 e. The van der Waals surface area contributed by atoms with Gasteiger partial charge >= 0.3 is 0 Å². The highest BCUT2D eigenvalue weighted by molar-refractivity contribution is 5.85. The average molecular weight is 431 g/mol. The van der Waals surface area contributed by atoms with Crippen molar-refractivity contribution >= 4 is 29.6 Å². The molecule has 30 heavy (non-hydrogen) atoms. The first-order chi connectivity index (χ1) is 14.1. The fraction of sp³-hybridized carbons (Fsp3) is 0.455. The SMILES string of the molecule is CC(C)c1cnc2c(NCc3ccccc3)cc(NC[C@H]3CCNC[C@@H]3O)nn12.Cl. The van der Waals surface area contributed by atoms with Gasteiger partial charge in [-0.2, -0.15) is 0 Å². The Morgan fingerprint density at radius 2 is 2.03 bits per heavy atom. The summed E-state index contributed by atoms with van der Waals surface area (Å²) in [5.74, 6) is 1.33. The Bertz CT molecular complexity index is 945. The van der Waals surface area contributed by atoms with E-state index >= 15 is 0 Å². The van der Waals surface area contributed by atoms with Crippen LogP contribution in [-0.4, -0.2) is 45.4 Å². The molecule has 3 heterocycles. The van der Waals surface area contributed by atoms with Crippen molar-refractivity contribution in [1.29, 1.82) is 0 Å². The van der Waals surface area contributed by atoms with Crippen LogP contribution in [0.25, 0.3) is 5.65 Å². The number of rotatable bonds is 7. The smallest absolute Gasteiger partial charge is 0.177 e. The average Bonchev–Trinajstić information content (AvgIpc) is 3.16. The van der Waals surface area contributed by atoms with Gasteiger partial charge in [-0.05, 0) is 24.4 Å². The first-order valence-electron chi connectivity index (χ1n) is 10.4. The molecular formula is C22H31ClN6O. The monoisotopic (exact) mass is 430 g/mol. The standard InChI is InChI=1S/C22H30N6O.ClH/c1-15(2)19-13-26-22-18(24-11-16-6-4-3-5-7-16)10-21(27-28(19)22)25-12-17-8-9-23-14-20(17)29;/h3-7,10,13,15,17,20,23-24,29H,8-9,11-12,14H2,1-2H3,(H,25,27);1H/t17-,20+;/m1./s1. The highest BCUT2D eigenvalue weighted by atomic mass is 35.5. The van der Waals surface area contributed by atoms with Crippen molar-refractivity contribution in [1.82, 2.24) is 19.9 Å². The predicted molar refractivity (Wildman–Crippen MR) is 124 cm³/mol. The van der Waals surface area contributed by atoms with E-state index in [1.807, 2.05) is 35.0 Å². The number of aliphatic hydroxyl groups is 1. The summed E-state index contributed by atoms with van der Waals surface area (Å²) in [7, 11) is 0. The molecule has 0 bridgehead atoms. The van der Waals surface area contributed by atoms with Gasteiger partial charge < -0.3 is 21.1 Å². The number of anilines is 2. The zero-order valence-corrected chi connectivity index (χ0v) is 18.3. The Morgan fingerprint density at radius 1 is 1.23 bits per heavy atom. The third kappa shape index (κ3) is 5.03. The maximum Gasteiger partial charge on any atom is 0.177 e. The summed E-state index contributed by atoms with van der Waals surface area (Å²) in [5.41, 5.74) is 4.07. The maximum absolute atomic E-state index is 10.2. The quantitative estimate of drug-likeness (QED) is 0.460. The van der Waals surface area contributed by atoms with Crippen LogP contribution >= 0.6 is 12.4 Å². The van der Waals surface area contributed by atoms with Gasteiger partial charge in [-0.15, -0.1) is 17.5 Å². The van der Waals surface area contributed by atoms with Crippen LogP contribution in [0.2, 0.25) is 0 Å². The Morgan fingerprint density at radius 3 is 2.77 bits per heavy atom. The second-order valence-corrected chi connectivity index (χ2v) is 8.06. The lowest BCUT2D eigenvalue weighted by Crippen LogP contribution is -2.43. The van der Waals surface area contributed by atoms with Crippen molar-refractivity contribution in [2.24, 2.45) is 5.92 Å². The van der Waals surface area contributed by atoms with Crippen molar-refractivity contribution < 1.29 is 5.11 Å². The van der Waals surface area contributed by atoms with E-state index in [-0.39, 0.29) is 24.4 Å². The molecule has 8 heteroatoms. The number of hydrogen-bond acceptors (Lipinski definition) is 6. The van der Waals surface area contributed by atoms with Crippen LogP contribution in [0.1, 0.15) is 37.4 Å². The van der Waals surface area contributed by atoms with E-state index in [0.717, 1.165) is 42.4 Å². The lowest BCUT2D eigenvalue weighted by molar-refractivity contribution is 0.0883. The van der Waals surface area contributed by atoms with Crippen LogP contribution in [0.5, 0.6) is 0 Å². The van der Waals surface area contributed by atoms with Gasteiger partial charge in [0, 0.05) is 31.6 Å². The van der Waals surface area contributed by atoms with Crippen LogP contribution < -0.4 is 16.0 Å². The Hall–Kier alpha value is -2.35. The molecule has 0 saturated carbocycles. The van der Waals surface area contributed by atoms with Gasteiger partial charge in [-0.25, -0.2) is 9.50 Å². The van der Waals surface area contributed by atoms with Crippen molar-refractivity contribution in [3.8, 4) is 0 Å². The number of aromatic nitrogens is 3. The number of nitrogens with one attached hydrogen (secondary N) is 3. The lowest BCUT2D eigenvalue weighted by atomic mass is 9.95. The van der Waals surface area contributed by atoms with Crippen LogP contribution in [0, 0.1) is 5.92 Å². The third-order valence-corrected chi connectivity index (χ3v) is 5.55. The van der Waals surface area contributed by atoms with Gasteiger partial charge in [-0.3, -0.25) is 0 Å². The van der Waals surface area contributed by atoms with Crippen molar-refractivity contribution in [2.75, 3.05) is 30.3 Å². The van der Waals surface area contributed by atoms with Crippen LogP contribution in [0.3, 0.4) is 0 Å². The number of nitrogens with zero attached hydrogens (tertiary/aromatic N) is 3. The highest BCUT2D eigenvalue weighted by Crippen LogP contribution is 2.25. The predicted octanol–water partition coefficient (Wildman–Crippen LogP) is 3.27. The molecule has 0 spiro atoms. The molecule has 0 aliphatic carbocycles. The molecule has 1 aromatic carbocycles. The number of β-amino-alcohol motifs (C(OH)–C–C–N with tert-alkyl or cyclic N) is 1. The summed E-state index contributed by atoms with van der Waals surface area (Å²) in [6, 6.07) is 12.3. The van der Waals surface area contributed by atoms with Crippen molar-refractivity contribution in [3.05, 3.63) is 53.9 Å². The molecule has 2 aromatic heterocycles. The number of halogens is 1. The van der Waals surface area contributed by atoms with Crippen molar-refractivity contribution in [3.63, 3.8) is 0 Å². The molecule has 0 unspecified atom stereocenters. The zero-order valence-electron chi connectivity index (χ0n) is 17.5. The van der Waals surface area contributed by atoms with Gasteiger partial charge in [0.1, 0.15) is 5.82 Å². The van der Waals surface area contributed by atoms with Gasteiger partial charge in [0.2, 0.25) is 0 Å². The molecule has 3 aromatic rings. The summed E-state index contributed by atoms with van der Waals surface area (Å²) in [6.07, 6.45) is 2.54. The minimum absolute atomic E-state index is 0. The molecule has 4 N–H and O–H groups in total. The van der Waals surface area contributed by atoms with E-state index in [1.54, 1.807) is 0 Å². The molecule has 0 radical (unpaired) electrons. The number of fused-ring (bicyclic) bond motifs is 1. The van der Waals surface area contributed by atoms with E-state index in [4.69, 9.17) is 5.10 Å². The van der Waals surface area contributed by atoms with E-state index in [9.17, 15) is 5.11 Å². The topological polar surface area (TPSA) is 86.5 Å². The molecule has 4 rings (SSSR count). The van der Waals surface area contributed by atoms with E-state index in [0.29, 0.717) is 19.0 Å². The normalized spacial score (nSPS) is 18.9.